The molecular formula is C16H16BrN. The zero-order valence-electron chi connectivity index (χ0n) is 10.6. The maximum Gasteiger partial charge on any atom is 0.0361 e. The van der Waals surface area contributed by atoms with E-state index in [-0.39, 0.29) is 0 Å². The van der Waals surface area contributed by atoms with Gasteiger partial charge in [-0.15, -0.1) is 0 Å². The van der Waals surface area contributed by atoms with Crippen LogP contribution in [-0.2, 0) is 0 Å². The maximum atomic E-state index is 3.47. The molecule has 2 aromatic rings. The van der Waals surface area contributed by atoms with Crippen molar-refractivity contribution in [2.75, 3.05) is 19.0 Å². The van der Waals surface area contributed by atoms with E-state index in [2.05, 4.69) is 69.4 Å². The van der Waals surface area contributed by atoms with Gasteiger partial charge in [-0.2, -0.15) is 0 Å². The molecule has 0 aliphatic heterocycles. The summed E-state index contributed by atoms with van der Waals surface area (Å²) in [4.78, 5) is 2.10. The van der Waals surface area contributed by atoms with Gasteiger partial charge in [-0.3, -0.25) is 0 Å². The van der Waals surface area contributed by atoms with Crippen LogP contribution in [0.4, 0.5) is 5.69 Å². The van der Waals surface area contributed by atoms with Crippen LogP contribution in [0.1, 0.15) is 11.1 Å². The monoisotopic (exact) mass is 301 g/mol. The maximum absolute atomic E-state index is 3.47. The van der Waals surface area contributed by atoms with Crippen molar-refractivity contribution in [3.05, 3.63) is 64.1 Å². The number of halogens is 1. The van der Waals surface area contributed by atoms with Crippen LogP contribution < -0.4 is 4.90 Å². The van der Waals surface area contributed by atoms with Crippen LogP contribution in [0.5, 0.6) is 0 Å². The van der Waals surface area contributed by atoms with Crippen molar-refractivity contribution in [3.63, 3.8) is 0 Å². The molecule has 0 atom stereocenters. The number of anilines is 1. The second-order valence-electron chi connectivity index (χ2n) is 4.37. The number of rotatable bonds is 3. The Hall–Kier alpha value is -1.54. The average molecular weight is 302 g/mol. The second kappa shape index (κ2) is 5.87. The van der Waals surface area contributed by atoms with E-state index in [0.29, 0.717) is 0 Å². The van der Waals surface area contributed by atoms with Gasteiger partial charge in [0.2, 0.25) is 0 Å². The van der Waals surface area contributed by atoms with Gasteiger partial charge >= 0.3 is 0 Å². The minimum atomic E-state index is 1.10. The summed E-state index contributed by atoms with van der Waals surface area (Å²) < 4.78 is 1.10. The molecule has 2 aromatic carbocycles. The zero-order chi connectivity index (χ0) is 13.0. The first-order chi connectivity index (χ1) is 8.65. The molecule has 2 heteroatoms. The van der Waals surface area contributed by atoms with Crippen molar-refractivity contribution in [1.82, 2.24) is 0 Å². The van der Waals surface area contributed by atoms with Crippen molar-refractivity contribution < 1.29 is 0 Å². The Bertz CT molecular complexity index is 541. The molecule has 0 saturated carbocycles. The quantitative estimate of drug-likeness (QED) is 0.744. The normalized spacial score (nSPS) is 10.8. The summed E-state index contributed by atoms with van der Waals surface area (Å²) in [6.45, 7) is 0. The topological polar surface area (TPSA) is 3.24 Å². The first kappa shape index (κ1) is 12.9. The van der Waals surface area contributed by atoms with Crippen LogP contribution in [0.25, 0.3) is 12.2 Å². The fraction of sp³-hybridized carbons (Fsp3) is 0.125. The number of hydrogen-bond acceptors (Lipinski definition) is 1. The second-order valence-corrected chi connectivity index (χ2v) is 5.29. The third-order valence-corrected chi connectivity index (χ3v) is 3.22. The van der Waals surface area contributed by atoms with Crippen molar-refractivity contribution in [2.45, 2.75) is 0 Å². The van der Waals surface area contributed by atoms with E-state index in [4.69, 9.17) is 0 Å². The molecule has 0 aromatic heterocycles. The van der Waals surface area contributed by atoms with Crippen molar-refractivity contribution in [2.24, 2.45) is 0 Å². The molecule has 18 heavy (non-hydrogen) atoms. The number of nitrogens with zero attached hydrogens (tertiary/aromatic N) is 1. The van der Waals surface area contributed by atoms with Crippen LogP contribution in [0.2, 0.25) is 0 Å². The summed E-state index contributed by atoms with van der Waals surface area (Å²) in [6, 6.07) is 16.8. The minimum Gasteiger partial charge on any atom is -0.378 e. The summed E-state index contributed by atoms with van der Waals surface area (Å²) in [5.41, 5.74) is 3.62. The fourth-order valence-electron chi connectivity index (χ4n) is 1.69. The molecule has 0 saturated heterocycles. The largest absolute Gasteiger partial charge is 0.378 e. The first-order valence-electron chi connectivity index (χ1n) is 5.86. The lowest BCUT2D eigenvalue weighted by molar-refractivity contribution is 1.13. The van der Waals surface area contributed by atoms with E-state index in [9.17, 15) is 0 Å². The Balaban J connectivity index is 2.14. The van der Waals surface area contributed by atoms with Gasteiger partial charge in [-0.1, -0.05) is 52.3 Å². The molecule has 0 aliphatic rings. The average Bonchev–Trinajstić information content (AvgIpc) is 2.37. The summed E-state index contributed by atoms with van der Waals surface area (Å²) in [5.74, 6) is 0. The molecule has 0 bridgehead atoms. The minimum absolute atomic E-state index is 1.10. The highest BCUT2D eigenvalue weighted by Gasteiger charge is 1.94. The predicted molar refractivity (Wildman–Crippen MR) is 83.8 cm³/mol. The van der Waals surface area contributed by atoms with Gasteiger partial charge < -0.3 is 4.90 Å². The van der Waals surface area contributed by atoms with Gasteiger partial charge in [-0.05, 0) is 35.4 Å². The van der Waals surface area contributed by atoms with E-state index < -0.39 is 0 Å². The Morgan fingerprint density at radius 3 is 2.17 bits per heavy atom. The van der Waals surface area contributed by atoms with Crippen LogP contribution in [-0.4, -0.2) is 14.1 Å². The molecule has 0 heterocycles. The summed E-state index contributed by atoms with van der Waals surface area (Å²) in [5, 5.41) is 0. The number of benzene rings is 2. The highest BCUT2D eigenvalue weighted by molar-refractivity contribution is 9.10. The molecule has 0 unspecified atom stereocenters. The SMILES string of the molecule is CN(C)c1ccc(/C=C/c2cccc(Br)c2)cc1. The highest BCUT2D eigenvalue weighted by Crippen LogP contribution is 2.16. The van der Waals surface area contributed by atoms with Gasteiger partial charge in [-0.25, -0.2) is 0 Å². The van der Waals surface area contributed by atoms with Gasteiger partial charge in [0.25, 0.3) is 0 Å². The van der Waals surface area contributed by atoms with Gasteiger partial charge in [0.05, 0.1) is 0 Å². The molecule has 2 rings (SSSR count). The van der Waals surface area contributed by atoms with Crippen LogP contribution in [0.3, 0.4) is 0 Å². The van der Waals surface area contributed by atoms with Crippen molar-refractivity contribution in [3.8, 4) is 0 Å². The molecule has 0 amide bonds. The molecule has 0 aliphatic carbocycles. The highest BCUT2D eigenvalue weighted by atomic mass is 79.9. The van der Waals surface area contributed by atoms with Gasteiger partial charge in [0.15, 0.2) is 0 Å². The third-order valence-electron chi connectivity index (χ3n) is 2.73. The molecular weight excluding hydrogens is 286 g/mol. The number of hydrogen-bond donors (Lipinski definition) is 0. The summed E-state index contributed by atoms with van der Waals surface area (Å²) in [6.07, 6.45) is 4.25. The standard InChI is InChI=1S/C16H16BrN/c1-18(2)16-10-8-13(9-11-16)6-7-14-4-3-5-15(17)12-14/h3-12H,1-2H3/b7-6+. The summed E-state index contributed by atoms with van der Waals surface area (Å²) >= 11 is 3.47. The van der Waals surface area contributed by atoms with E-state index in [1.807, 2.05) is 26.2 Å². The Labute approximate surface area is 117 Å². The van der Waals surface area contributed by atoms with Crippen LogP contribution >= 0.6 is 15.9 Å². The van der Waals surface area contributed by atoms with Crippen LogP contribution in [0.15, 0.2) is 53.0 Å². The fourth-order valence-corrected chi connectivity index (χ4v) is 2.10. The van der Waals surface area contributed by atoms with Crippen molar-refractivity contribution in [1.29, 1.82) is 0 Å². The molecule has 0 fully saturated rings. The zero-order valence-corrected chi connectivity index (χ0v) is 12.2. The molecule has 1 nitrogen and oxygen atoms in total. The van der Waals surface area contributed by atoms with E-state index >= 15 is 0 Å². The summed E-state index contributed by atoms with van der Waals surface area (Å²) in [7, 11) is 4.10. The van der Waals surface area contributed by atoms with Gasteiger partial charge in [0, 0.05) is 24.3 Å². The van der Waals surface area contributed by atoms with E-state index in [1.54, 1.807) is 0 Å². The van der Waals surface area contributed by atoms with Gasteiger partial charge in [0.1, 0.15) is 0 Å². The van der Waals surface area contributed by atoms with Crippen LogP contribution in [0, 0.1) is 0 Å². The predicted octanol–water partition coefficient (Wildman–Crippen LogP) is 4.69. The lowest BCUT2D eigenvalue weighted by Crippen LogP contribution is -2.07. The molecule has 92 valence electrons. The molecule has 0 N–H and O–H groups in total. The van der Waals surface area contributed by atoms with Crippen molar-refractivity contribution >= 4 is 33.8 Å². The Morgan fingerprint density at radius 2 is 1.56 bits per heavy atom. The van der Waals surface area contributed by atoms with E-state index in [0.717, 1.165) is 4.47 Å². The lowest BCUT2D eigenvalue weighted by Gasteiger charge is -2.11. The lowest BCUT2D eigenvalue weighted by atomic mass is 10.1. The smallest absolute Gasteiger partial charge is 0.0361 e. The first-order valence-corrected chi connectivity index (χ1v) is 6.65. The Kier molecular flexibility index (Phi) is 4.21. The third kappa shape index (κ3) is 3.47. The molecule has 0 radical (unpaired) electrons. The van der Waals surface area contributed by atoms with E-state index in [1.165, 1.54) is 16.8 Å². The molecule has 0 spiro atoms. The Morgan fingerprint density at radius 1 is 0.889 bits per heavy atom.